The lowest BCUT2D eigenvalue weighted by Crippen LogP contribution is -2.53. The molecule has 2 rings (SSSR count). The fraction of sp³-hybridized carbons (Fsp3) is 0.846. The van der Waals surface area contributed by atoms with Crippen LogP contribution in [0.1, 0.15) is 26.7 Å². The summed E-state index contributed by atoms with van der Waals surface area (Å²) >= 11 is 1.91. The zero-order chi connectivity index (χ0) is 14.0. The molecule has 2 heterocycles. The molecule has 1 N–H and O–H groups in total. The van der Waals surface area contributed by atoms with Gasteiger partial charge in [-0.25, -0.2) is 4.79 Å². The maximum absolute atomic E-state index is 12.5. The second-order valence-corrected chi connectivity index (χ2v) is 7.45. The fourth-order valence-electron chi connectivity index (χ4n) is 2.89. The van der Waals surface area contributed by atoms with Crippen LogP contribution in [0, 0.1) is 5.92 Å². The number of rotatable bonds is 1. The molecule has 0 radical (unpaired) electrons. The molecule has 0 spiro atoms. The van der Waals surface area contributed by atoms with E-state index in [1.807, 2.05) is 16.7 Å². The first-order chi connectivity index (χ1) is 8.97. The van der Waals surface area contributed by atoms with Crippen molar-refractivity contribution < 1.29 is 14.7 Å². The number of aliphatic carboxylic acids is 1. The summed E-state index contributed by atoms with van der Waals surface area (Å²) in [6.07, 6.45) is 1.47. The average molecular weight is 286 g/mol. The minimum atomic E-state index is -0.784. The number of hydrogen-bond donors (Lipinski definition) is 1. The van der Waals surface area contributed by atoms with Crippen LogP contribution >= 0.6 is 11.8 Å². The Morgan fingerprint density at radius 2 is 1.74 bits per heavy atom. The van der Waals surface area contributed by atoms with Crippen LogP contribution in [0.2, 0.25) is 0 Å². The zero-order valence-electron chi connectivity index (χ0n) is 11.5. The lowest BCUT2D eigenvalue weighted by Gasteiger charge is -2.39. The smallest absolute Gasteiger partial charge is 0.320 e. The molecule has 2 amide bonds. The lowest BCUT2D eigenvalue weighted by molar-refractivity contribution is -0.143. The highest BCUT2D eigenvalue weighted by Gasteiger charge is 2.33. The molecule has 0 aromatic carbocycles. The molecule has 2 aliphatic rings. The van der Waals surface area contributed by atoms with Gasteiger partial charge in [0.05, 0.1) is 5.92 Å². The molecule has 2 fully saturated rings. The SMILES string of the molecule is CC1CN(C(=O)N2CCC[C@H](C(=O)O)C2)CC(C)S1. The van der Waals surface area contributed by atoms with Crippen molar-refractivity contribution in [3.05, 3.63) is 0 Å². The van der Waals surface area contributed by atoms with Gasteiger partial charge >= 0.3 is 12.0 Å². The monoisotopic (exact) mass is 286 g/mol. The van der Waals surface area contributed by atoms with E-state index in [1.54, 1.807) is 4.90 Å². The standard InChI is InChI=1S/C13H22N2O3S/c1-9-6-15(7-10(2)19-9)13(18)14-5-3-4-11(8-14)12(16)17/h9-11H,3-8H2,1-2H3,(H,16,17)/t9?,10?,11-/m0/s1. The van der Waals surface area contributed by atoms with Crippen molar-refractivity contribution in [2.24, 2.45) is 5.92 Å². The Balaban J connectivity index is 1.96. The van der Waals surface area contributed by atoms with Gasteiger partial charge in [0.2, 0.25) is 0 Å². The summed E-state index contributed by atoms with van der Waals surface area (Å²) in [4.78, 5) is 27.1. The Kier molecular flexibility index (Phi) is 4.60. The van der Waals surface area contributed by atoms with Gasteiger partial charge in [-0.05, 0) is 12.8 Å². The number of carboxylic acids is 1. The Morgan fingerprint density at radius 3 is 2.32 bits per heavy atom. The first kappa shape index (κ1) is 14.5. The van der Waals surface area contributed by atoms with Gasteiger partial charge in [-0.3, -0.25) is 4.79 Å². The van der Waals surface area contributed by atoms with Crippen LogP contribution in [0.25, 0.3) is 0 Å². The van der Waals surface area contributed by atoms with Crippen molar-refractivity contribution in [2.75, 3.05) is 26.2 Å². The van der Waals surface area contributed by atoms with Gasteiger partial charge in [-0.2, -0.15) is 11.8 Å². The Morgan fingerprint density at radius 1 is 1.11 bits per heavy atom. The molecule has 0 aromatic heterocycles. The molecule has 108 valence electrons. The number of piperidine rings is 1. The van der Waals surface area contributed by atoms with E-state index in [0.29, 0.717) is 30.0 Å². The molecule has 0 bridgehead atoms. The van der Waals surface area contributed by atoms with E-state index >= 15 is 0 Å². The molecule has 5 nitrogen and oxygen atoms in total. The molecular weight excluding hydrogens is 264 g/mol. The van der Waals surface area contributed by atoms with Crippen LogP contribution in [-0.4, -0.2) is 63.6 Å². The minimum Gasteiger partial charge on any atom is -0.481 e. The van der Waals surface area contributed by atoms with E-state index in [2.05, 4.69) is 13.8 Å². The van der Waals surface area contributed by atoms with E-state index in [0.717, 1.165) is 19.5 Å². The predicted octanol–water partition coefficient (Wildman–Crippen LogP) is 1.73. The molecule has 2 unspecified atom stereocenters. The topological polar surface area (TPSA) is 60.9 Å². The lowest BCUT2D eigenvalue weighted by atomic mass is 9.98. The zero-order valence-corrected chi connectivity index (χ0v) is 12.4. The summed E-state index contributed by atoms with van der Waals surface area (Å²) in [5.41, 5.74) is 0. The van der Waals surface area contributed by atoms with Crippen molar-refractivity contribution in [2.45, 2.75) is 37.2 Å². The number of amides is 2. The van der Waals surface area contributed by atoms with Gasteiger partial charge in [0.15, 0.2) is 0 Å². The van der Waals surface area contributed by atoms with Gasteiger partial charge in [-0.1, -0.05) is 13.8 Å². The fourth-order valence-corrected chi connectivity index (χ4v) is 4.21. The first-order valence-corrected chi connectivity index (χ1v) is 7.83. The van der Waals surface area contributed by atoms with Crippen LogP contribution in [0.15, 0.2) is 0 Å². The highest BCUT2D eigenvalue weighted by molar-refractivity contribution is 8.00. The molecule has 0 saturated carbocycles. The molecular formula is C13H22N2O3S. The van der Waals surface area contributed by atoms with Gasteiger partial charge in [0.1, 0.15) is 0 Å². The summed E-state index contributed by atoms with van der Waals surface area (Å²) in [7, 11) is 0. The van der Waals surface area contributed by atoms with Crippen LogP contribution < -0.4 is 0 Å². The van der Waals surface area contributed by atoms with Crippen LogP contribution in [0.3, 0.4) is 0 Å². The molecule has 0 aromatic rings. The van der Waals surface area contributed by atoms with E-state index in [-0.39, 0.29) is 6.03 Å². The van der Waals surface area contributed by atoms with E-state index in [9.17, 15) is 9.59 Å². The predicted molar refractivity (Wildman–Crippen MR) is 75.4 cm³/mol. The summed E-state index contributed by atoms with van der Waals surface area (Å²) in [5.74, 6) is -1.18. The maximum atomic E-state index is 12.5. The van der Waals surface area contributed by atoms with E-state index in [1.165, 1.54) is 0 Å². The second-order valence-electron chi connectivity index (χ2n) is 5.57. The maximum Gasteiger partial charge on any atom is 0.320 e. The van der Waals surface area contributed by atoms with Crippen molar-refractivity contribution in [1.29, 1.82) is 0 Å². The number of carbonyl (C=O) groups is 2. The Labute approximate surface area is 118 Å². The third kappa shape index (κ3) is 3.55. The van der Waals surface area contributed by atoms with Crippen molar-refractivity contribution >= 4 is 23.8 Å². The summed E-state index contributed by atoms with van der Waals surface area (Å²) < 4.78 is 0. The largest absolute Gasteiger partial charge is 0.481 e. The third-order valence-electron chi connectivity index (χ3n) is 3.73. The molecule has 2 saturated heterocycles. The number of carbonyl (C=O) groups excluding carboxylic acids is 1. The minimum absolute atomic E-state index is 0.0185. The number of carboxylic acid groups (broad SMARTS) is 1. The van der Waals surface area contributed by atoms with E-state index < -0.39 is 11.9 Å². The molecule has 19 heavy (non-hydrogen) atoms. The Bertz CT molecular complexity index is 354. The number of thioether (sulfide) groups is 1. The number of likely N-dealkylation sites (tertiary alicyclic amines) is 1. The molecule has 3 atom stereocenters. The first-order valence-electron chi connectivity index (χ1n) is 6.89. The molecule has 2 aliphatic heterocycles. The summed E-state index contributed by atoms with van der Waals surface area (Å²) in [6, 6.07) is 0.0185. The van der Waals surface area contributed by atoms with Gasteiger partial charge in [-0.15, -0.1) is 0 Å². The van der Waals surface area contributed by atoms with Crippen molar-refractivity contribution in [3.63, 3.8) is 0 Å². The number of urea groups is 1. The summed E-state index contributed by atoms with van der Waals surface area (Å²) in [6.45, 7) is 6.85. The van der Waals surface area contributed by atoms with Gasteiger partial charge in [0.25, 0.3) is 0 Å². The van der Waals surface area contributed by atoms with Crippen LogP contribution in [0.5, 0.6) is 0 Å². The second kappa shape index (κ2) is 6.03. The highest BCUT2D eigenvalue weighted by Crippen LogP contribution is 2.26. The van der Waals surface area contributed by atoms with Gasteiger partial charge in [0, 0.05) is 36.7 Å². The number of nitrogens with zero attached hydrogens (tertiary/aromatic N) is 2. The van der Waals surface area contributed by atoms with Gasteiger partial charge < -0.3 is 14.9 Å². The van der Waals surface area contributed by atoms with Crippen LogP contribution in [0.4, 0.5) is 4.79 Å². The van der Waals surface area contributed by atoms with E-state index in [4.69, 9.17) is 5.11 Å². The highest BCUT2D eigenvalue weighted by atomic mass is 32.2. The molecule has 6 heteroatoms. The average Bonchev–Trinajstić information content (AvgIpc) is 2.37. The van der Waals surface area contributed by atoms with Crippen LogP contribution in [-0.2, 0) is 4.79 Å². The normalized spacial score (nSPS) is 32.2. The van der Waals surface area contributed by atoms with Crippen molar-refractivity contribution in [1.82, 2.24) is 9.80 Å². The summed E-state index contributed by atoms with van der Waals surface area (Å²) in [5, 5.41) is 9.98. The third-order valence-corrected chi connectivity index (χ3v) is 4.96. The van der Waals surface area contributed by atoms with Crippen molar-refractivity contribution in [3.8, 4) is 0 Å². The Hall–Kier alpha value is -0.910. The quantitative estimate of drug-likeness (QED) is 0.797. The number of hydrogen-bond acceptors (Lipinski definition) is 3. The molecule has 0 aliphatic carbocycles.